The summed E-state index contributed by atoms with van der Waals surface area (Å²) < 4.78 is 34.7. The molecule has 4 unspecified atom stereocenters. The van der Waals surface area contributed by atoms with Gasteiger partial charge in [0.2, 0.25) is 5.91 Å². The molecule has 5 nitrogen and oxygen atoms in total. The molecule has 7 heteroatoms. The van der Waals surface area contributed by atoms with Gasteiger partial charge in [-0.05, 0) is 55.7 Å². The van der Waals surface area contributed by atoms with E-state index in [0.717, 1.165) is 24.8 Å². The highest BCUT2D eigenvalue weighted by atomic mass is 19.3. The molecule has 2 fully saturated rings. The molecule has 0 aliphatic heterocycles. The summed E-state index contributed by atoms with van der Waals surface area (Å²) in [5, 5.41) is 2.92. The quantitative estimate of drug-likeness (QED) is 0.790. The van der Waals surface area contributed by atoms with Crippen molar-refractivity contribution in [1.29, 1.82) is 0 Å². The maximum Gasteiger partial charge on any atom is 0.387 e. The van der Waals surface area contributed by atoms with Crippen LogP contribution in [0.5, 0.6) is 11.5 Å². The largest absolute Gasteiger partial charge is 0.490 e. The predicted octanol–water partition coefficient (Wildman–Crippen LogP) is 2.68. The minimum atomic E-state index is -2.91. The van der Waals surface area contributed by atoms with Crippen LogP contribution in [0.2, 0.25) is 0 Å². The number of fused-ring (bicyclic) bond motifs is 2. The normalized spacial score (nSPS) is 27.6. The highest BCUT2D eigenvalue weighted by Gasteiger charge is 2.48. The zero-order valence-corrected chi connectivity index (χ0v) is 14.2. The van der Waals surface area contributed by atoms with Crippen molar-refractivity contribution < 1.29 is 23.0 Å². The van der Waals surface area contributed by atoms with Crippen molar-refractivity contribution in [3.05, 3.63) is 23.8 Å². The van der Waals surface area contributed by atoms with Crippen molar-refractivity contribution in [2.75, 3.05) is 6.61 Å². The second-order valence-electron chi connectivity index (χ2n) is 6.75. The number of nitrogens with one attached hydrogen (secondary N) is 1. The summed E-state index contributed by atoms with van der Waals surface area (Å²) in [6, 6.07) is 4.63. The molecule has 3 N–H and O–H groups in total. The Morgan fingerprint density at radius 3 is 2.72 bits per heavy atom. The molecule has 138 valence electrons. The number of alkyl halides is 2. The molecule has 1 amide bonds. The summed E-state index contributed by atoms with van der Waals surface area (Å²) in [5.41, 5.74) is 6.95. The summed E-state index contributed by atoms with van der Waals surface area (Å²) >= 11 is 0. The van der Waals surface area contributed by atoms with E-state index in [1.807, 2.05) is 0 Å². The Hall–Kier alpha value is -1.89. The third-order valence-electron chi connectivity index (χ3n) is 5.27. The molecule has 0 radical (unpaired) electrons. The van der Waals surface area contributed by atoms with Gasteiger partial charge in [0, 0.05) is 12.6 Å². The number of rotatable bonds is 7. The molecule has 2 aliphatic rings. The van der Waals surface area contributed by atoms with Crippen LogP contribution in [0.3, 0.4) is 0 Å². The van der Waals surface area contributed by atoms with Crippen LogP contribution in [0, 0.1) is 17.8 Å². The van der Waals surface area contributed by atoms with Crippen LogP contribution < -0.4 is 20.5 Å². The van der Waals surface area contributed by atoms with Gasteiger partial charge < -0.3 is 20.5 Å². The molecule has 3 rings (SSSR count). The molecule has 1 aromatic rings. The fraction of sp³-hybridized carbons (Fsp3) is 0.611. The zero-order chi connectivity index (χ0) is 18.0. The number of ether oxygens (including phenoxy) is 2. The Labute approximate surface area is 145 Å². The number of carbonyl (C=O) groups is 1. The van der Waals surface area contributed by atoms with Crippen LogP contribution in [0.4, 0.5) is 8.78 Å². The summed E-state index contributed by atoms with van der Waals surface area (Å²) in [7, 11) is 0. The first kappa shape index (κ1) is 17.9. The number of nitrogens with two attached hydrogens (primary N) is 1. The Bertz CT molecular complexity index is 624. The van der Waals surface area contributed by atoms with Gasteiger partial charge in [0.1, 0.15) is 0 Å². The topological polar surface area (TPSA) is 73.6 Å². The van der Waals surface area contributed by atoms with Crippen LogP contribution in [0.1, 0.15) is 31.7 Å². The first-order valence-electron chi connectivity index (χ1n) is 8.73. The molecule has 2 saturated carbocycles. The lowest BCUT2D eigenvalue weighted by Gasteiger charge is -2.27. The van der Waals surface area contributed by atoms with Gasteiger partial charge >= 0.3 is 6.61 Å². The molecule has 0 heterocycles. The molecular weight excluding hydrogens is 330 g/mol. The van der Waals surface area contributed by atoms with E-state index >= 15 is 0 Å². The van der Waals surface area contributed by atoms with Gasteiger partial charge in [-0.3, -0.25) is 4.79 Å². The Balaban J connectivity index is 1.62. The Kier molecular flexibility index (Phi) is 5.42. The number of halogens is 2. The van der Waals surface area contributed by atoms with Gasteiger partial charge in [0.25, 0.3) is 0 Å². The maximum absolute atomic E-state index is 12.5. The molecular formula is C18H24F2N2O3. The number of benzene rings is 1. The van der Waals surface area contributed by atoms with E-state index < -0.39 is 6.61 Å². The molecule has 0 spiro atoms. The third kappa shape index (κ3) is 3.86. The van der Waals surface area contributed by atoms with Crippen LogP contribution in [-0.4, -0.2) is 25.2 Å². The van der Waals surface area contributed by atoms with E-state index in [2.05, 4.69) is 10.1 Å². The van der Waals surface area contributed by atoms with Gasteiger partial charge in [-0.2, -0.15) is 8.78 Å². The van der Waals surface area contributed by atoms with Crippen molar-refractivity contribution in [2.45, 2.75) is 45.4 Å². The van der Waals surface area contributed by atoms with E-state index in [-0.39, 0.29) is 29.4 Å². The average Bonchev–Trinajstić information content (AvgIpc) is 3.15. The van der Waals surface area contributed by atoms with Crippen LogP contribution in [0.25, 0.3) is 0 Å². The summed E-state index contributed by atoms with van der Waals surface area (Å²) in [4.78, 5) is 12.5. The number of amides is 1. The lowest BCUT2D eigenvalue weighted by Crippen LogP contribution is -2.45. The van der Waals surface area contributed by atoms with Gasteiger partial charge in [0.05, 0.1) is 12.5 Å². The van der Waals surface area contributed by atoms with E-state index in [1.54, 1.807) is 19.1 Å². The standard InChI is InChI=1S/C18H24F2N2O3/c1-2-24-14-7-10(3-6-13(14)25-18(19)20)9-22-17(23)15-11-4-5-12(8-11)16(15)21/h3,6-7,11-12,15-16,18H,2,4-5,8-9,21H2,1H3,(H,22,23). The summed E-state index contributed by atoms with van der Waals surface area (Å²) in [6.07, 6.45) is 3.25. The van der Waals surface area contributed by atoms with Crippen LogP contribution in [-0.2, 0) is 11.3 Å². The number of carbonyl (C=O) groups excluding carboxylic acids is 1. The first-order valence-corrected chi connectivity index (χ1v) is 8.73. The fourth-order valence-electron chi connectivity index (χ4n) is 4.16. The van der Waals surface area contributed by atoms with E-state index in [4.69, 9.17) is 10.5 Å². The Morgan fingerprint density at radius 1 is 1.32 bits per heavy atom. The minimum absolute atomic E-state index is 0.0120. The highest BCUT2D eigenvalue weighted by Crippen LogP contribution is 2.47. The van der Waals surface area contributed by atoms with Gasteiger partial charge in [-0.15, -0.1) is 0 Å². The molecule has 4 atom stereocenters. The van der Waals surface area contributed by atoms with Crippen molar-refractivity contribution in [2.24, 2.45) is 23.5 Å². The number of hydrogen-bond acceptors (Lipinski definition) is 4. The van der Waals surface area contributed by atoms with Crippen LogP contribution >= 0.6 is 0 Å². The lowest BCUT2D eigenvalue weighted by atomic mass is 9.84. The monoisotopic (exact) mass is 354 g/mol. The average molecular weight is 354 g/mol. The van der Waals surface area contributed by atoms with Gasteiger partial charge in [-0.25, -0.2) is 0 Å². The predicted molar refractivity (Wildman–Crippen MR) is 88.4 cm³/mol. The van der Waals surface area contributed by atoms with E-state index in [0.29, 0.717) is 25.0 Å². The third-order valence-corrected chi connectivity index (χ3v) is 5.27. The summed E-state index contributed by atoms with van der Waals surface area (Å²) in [5.74, 6) is 0.947. The van der Waals surface area contributed by atoms with E-state index in [9.17, 15) is 13.6 Å². The van der Waals surface area contributed by atoms with Crippen molar-refractivity contribution in [3.8, 4) is 11.5 Å². The zero-order valence-electron chi connectivity index (χ0n) is 14.2. The highest BCUT2D eigenvalue weighted by molar-refractivity contribution is 5.80. The SMILES string of the molecule is CCOc1cc(CNC(=O)C2C3CCC(C3)C2N)ccc1OC(F)F. The second-order valence-corrected chi connectivity index (χ2v) is 6.75. The van der Waals surface area contributed by atoms with Crippen molar-refractivity contribution >= 4 is 5.91 Å². The van der Waals surface area contributed by atoms with Crippen molar-refractivity contribution in [3.63, 3.8) is 0 Å². The first-order chi connectivity index (χ1) is 12.0. The van der Waals surface area contributed by atoms with Crippen LogP contribution in [0.15, 0.2) is 18.2 Å². The maximum atomic E-state index is 12.5. The molecule has 0 saturated heterocycles. The molecule has 1 aromatic carbocycles. The molecule has 0 aromatic heterocycles. The second kappa shape index (κ2) is 7.56. The summed E-state index contributed by atoms with van der Waals surface area (Å²) in [6.45, 7) is -0.523. The Morgan fingerprint density at radius 2 is 2.08 bits per heavy atom. The van der Waals surface area contributed by atoms with Gasteiger partial charge in [-0.1, -0.05) is 6.07 Å². The molecule has 2 bridgehead atoms. The smallest absolute Gasteiger partial charge is 0.387 e. The molecule has 2 aliphatic carbocycles. The van der Waals surface area contributed by atoms with E-state index in [1.165, 1.54) is 6.07 Å². The molecule has 25 heavy (non-hydrogen) atoms. The van der Waals surface area contributed by atoms with Crippen molar-refractivity contribution in [1.82, 2.24) is 5.32 Å². The minimum Gasteiger partial charge on any atom is -0.490 e. The number of hydrogen-bond donors (Lipinski definition) is 2. The fourth-order valence-corrected chi connectivity index (χ4v) is 4.16. The van der Waals surface area contributed by atoms with Gasteiger partial charge in [0.15, 0.2) is 11.5 Å². The lowest BCUT2D eigenvalue weighted by molar-refractivity contribution is -0.127.